The Balaban J connectivity index is 1.72. The summed E-state index contributed by atoms with van der Waals surface area (Å²) >= 11 is 0. The zero-order chi connectivity index (χ0) is 16.9. The van der Waals surface area contributed by atoms with Gasteiger partial charge in [-0.3, -0.25) is 9.59 Å². The molecule has 3 aromatic rings. The Morgan fingerprint density at radius 3 is 1.92 bits per heavy atom. The summed E-state index contributed by atoms with van der Waals surface area (Å²) in [4.78, 5) is 23.7. The number of rotatable bonds is 5. The predicted molar refractivity (Wildman–Crippen MR) is 92.1 cm³/mol. The van der Waals surface area contributed by atoms with Crippen molar-refractivity contribution in [2.45, 2.75) is 13.5 Å². The molecule has 1 heterocycles. The van der Waals surface area contributed by atoms with Crippen LogP contribution >= 0.6 is 0 Å². The summed E-state index contributed by atoms with van der Waals surface area (Å²) in [6.45, 7) is 2.25. The monoisotopic (exact) mass is 316 g/mol. The Morgan fingerprint density at radius 1 is 0.750 bits per heavy atom. The molecule has 0 unspecified atom stereocenters. The molecule has 0 aliphatic rings. The van der Waals surface area contributed by atoms with Gasteiger partial charge in [0.2, 0.25) is 0 Å². The summed E-state index contributed by atoms with van der Waals surface area (Å²) in [5, 5.41) is 0. The zero-order valence-corrected chi connectivity index (χ0v) is 13.5. The lowest BCUT2D eigenvalue weighted by atomic mass is 10.0. The minimum atomic E-state index is 0.0218. The van der Waals surface area contributed by atoms with E-state index in [4.69, 9.17) is 0 Å². The van der Waals surface area contributed by atoms with E-state index in [9.17, 15) is 9.59 Å². The first-order valence-electron chi connectivity index (χ1n) is 7.82. The number of pyridine rings is 1. The van der Waals surface area contributed by atoms with Crippen LogP contribution < -0.4 is 4.57 Å². The van der Waals surface area contributed by atoms with Crippen molar-refractivity contribution in [1.29, 1.82) is 0 Å². The van der Waals surface area contributed by atoms with Crippen molar-refractivity contribution in [1.82, 2.24) is 0 Å². The fourth-order valence-electron chi connectivity index (χ4n) is 2.53. The Hall–Kier alpha value is -3.07. The molecule has 0 atom stereocenters. The second kappa shape index (κ2) is 7.01. The van der Waals surface area contributed by atoms with Gasteiger partial charge in [-0.25, -0.2) is 4.57 Å². The number of hydrogen-bond donors (Lipinski definition) is 0. The van der Waals surface area contributed by atoms with E-state index in [2.05, 4.69) is 0 Å². The quantitative estimate of drug-likeness (QED) is 0.534. The van der Waals surface area contributed by atoms with Crippen LogP contribution in [-0.4, -0.2) is 11.6 Å². The molecule has 118 valence electrons. The van der Waals surface area contributed by atoms with E-state index in [1.54, 1.807) is 6.92 Å². The van der Waals surface area contributed by atoms with E-state index in [0.717, 1.165) is 5.56 Å². The molecule has 0 saturated carbocycles. The molecule has 0 radical (unpaired) electrons. The number of nitrogens with zero attached hydrogens (tertiary/aromatic N) is 1. The molecule has 0 bridgehead atoms. The number of aromatic nitrogens is 1. The first kappa shape index (κ1) is 15.8. The minimum Gasteiger partial charge on any atom is -0.295 e. The molecule has 0 spiro atoms. The van der Waals surface area contributed by atoms with E-state index in [-0.39, 0.29) is 11.6 Å². The van der Waals surface area contributed by atoms with Crippen molar-refractivity contribution in [2.75, 3.05) is 0 Å². The lowest BCUT2D eigenvalue weighted by Crippen LogP contribution is -2.33. The highest BCUT2D eigenvalue weighted by Crippen LogP contribution is 2.08. The van der Waals surface area contributed by atoms with Crippen LogP contribution in [0, 0.1) is 0 Å². The molecule has 0 fully saturated rings. The summed E-state index contributed by atoms with van der Waals surface area (Å²) in [5.74, 6) is 0.0894. The summed E-state index contributed by atoms with van der Waals surface area (Å²) in [5.41, 5.74) is 3.18. The van der Waals surface area contributed by atoms with Crippen LogP contribution in [0.3, 0.4) is 0 Å². The van der Waals surface area contributed by atoms with Gasteiger partial charge in [-0.2, -0.15) is 0 Å². The average molecular weight is 316 g/mol. The number of carbonyl (C=O) groups excluding carboxylic acids is 2. The Labute approximate surface area is 141 Å². The molecule has 0 aliphatic heterocycles. The average Bonchev–Trinajstić information content (AvgIpc) is 2.63. The third-order valence-electron chi connectivity index (χ3n) is 3.91. The van der Waals surface area contributed by atoms with Gasteiger partial charge < -0.3 is 0 Å². The van der Waals surface area contributed by atoms with Crippen LogP contribution in [0.5, 0.6) is 0 Å². The third-order valence-corrected chi connectivity index (χ3v) is 3.91. The first-order chi connectivity index (χ1) is 11.6. The van der Waals surface area contributed by atoms with Gasteiger partial charge in [-0.05, 0) is 6.92 Å². The van der Waals surface area contributed by atoms with Gasteiger partial charge in [0, 0.05) is 34.4 Å². The molecule has 24 heavy (non-hydrogen) atoms. The number of benzene rings is 2. The van der Waals surface area contributed by atoms with Gasteiger partial charge in [0.15, 0.2) is 30.5 Å². The summed E-state index contributed by atoms with van der Waals surface area (Å²) in [6.07, 6.45) is 3.80. The highest BCUT2D eigenvalue weighted by atomic mass is 16.1. The lowest BCUT2D eigenvalue weighted by molar-refractivity contribution is -0.688. The van der Waals surface area contributed by atoms with Gasteiger partial charge in [0.05, 0.1) is 0 Å². The molecule has 2 aromatic carbocycles. The van der Waals surface area contributed by atoms with Crippen molar-refractivity contribution >= 4 is 11.6 Å². The van der Waals surface area contributed by atoms with E-state index in [0.29, 0.717) is 23.2 Å². The molecule has 0 saturated heterocycles. The molecular weight excluding hydrogens is 298 g/mol. The zero-order valence-electron chi connectivity index (χ0n) is 13.5. The van der Waals surface area contributed by atoms with Gasteiger partial charge >= 0.3 is 0 Å². The number of carbonyl (C=O) groups is 2. The van der Waals surface area contributed by atoms with Crippen LogP contribution in [0.1, 0.15) is 38.8 Å². The van der Waals surface area contributed by atoms with Crippen molar-refractivity contribution in [3.05, 3.63) is 101 Å². The fourth-order valence-corrected chi connectivity index (χ4v) is 2.53. The number of ketones is 2. The maximum atomic E-state index is 12.4. The standard InChI is InChI=1S/C21H18NO2/c1-16(23)18-9-7-17(8-10-18)15-22-13-11-20(12-14-22)21(24)19-5-3-2-4-6-19/h2-14H,15H2,1H3/q+1. The Bertz CT molecular complexity index is 851. The molecular formula is C21H18NO2+. The van der Waals surface area contributed by atoms with Crippen LogP contribution in [-0.2, 0) is 6.54 Å². The number of Topliss-reactive ketones (excluding diaryl/α,β-unsaturated/α-hetero) is 1. The predicted octanol–water partition coefficient (Wildman–Crippen LogP) is 3.46. The molecule has 3 nitrogen and oxygen atoms in total. The maximum Gasteiger partial charge on any atom is 0.193 e. The minimum absolute atomic E-state index is 0.0218. The molecule has 1 aromatic heterocycles. The van der Waals surface area contributed by atoms with E-state index in [1.807, 2.05) is 83.7 Å². The highest BCUT2D eigenvalue weighted by Gasteiger charge is 2.11. The maximum absolute atomic E-state index is 12.4. The largest absolute Gasteiger partial charge is 0.295 e. The Morgan fingerprint density at radius 2 is 1.33 bits per heavy atom. The van der Waals surface area contributed by atoms with Crippen molar-refractivity contribution in [2.24, 2.45) is 0 Å². The van der Waals surface area contributed by atoms with E-state index >= 15 is 0 Å². The molecule has 0 N–H and O–H groups in total. The van der Waals surface area contributed by atoms with E-state index in [1.165, 1.54) is 0 Å². The van der Waals surface area contributed by atoms with Crippen LogP contribution in [0.15, 0.2) is 79.1 Å². The topological polar surface area (TPSA) is 38.0 Å². The second-order valence-electron chi connectivity index (χ2n) is 5.71. The Kier molecular flexibility index (Phi) is 4.62. The lowest BCUT2D eigenvalue weighted by Gasteiger charge is -2.02. The summed E-state index contributed by atoms with van der Waals surface area (Å²) < 4.78 is 2.00. The normalized spacial score (nSPS) is 10.4. The summed E-state index contributed by atoms with van der Waals surface area (Å²) in [7, 11) is 0. The highest BCUT2D eigenvalue weighted by molar-refractivity contribution is 6.08. The molecule has 3 heteroatoms. The SMILES string of the molecule is CC(=O)c1ccc(C[n+]2ccc(C(=O)c3ccccc3)cc2)cc1. The second-order valence-corrected chi connectivity index (χ2v) is 5.71. The van der Waals surface area contributed by atoms with Crippen LogP contribution in [0.4, 0.5) is 0 Å². The summed E-state index contributed by atoms with van der Waals surface area (Å²) in [6, 6.07) is 20.5. The van der Waals surface area contributed by atoms with Gasteiger partial charge in [0.25, 0.3) is 0 Å². The van der Waals surface area contributed by atoms with Gasteiger partial charge in [-0.1, -0.05) is 54.6 Å². The molecule has 0 amide bonds. The van der Waals surface area contributed by atoms with Crippen molar-refractivity contribution in [3.63, 3.8) is 0 Å². The van der Waals surface area contributed by atoms with Crippen molar-refractivity contribution < 1.29 is 14.2 Å². The molecule has 3 rings (SSSR count). The smallest absolute Gasteiger partial charge is 0.193 e. The van der Waals surface area contributed by atoms with Crippen molar-refractivity contribution in [3.8, 4) is 0 Å². The third kappa shape index (κ3) is 3.63. The van der Waals surface area contributed by atoms with E-state index < -0.39 is 0 Å². The van der Waals surface area contributed by atoms with Gasteiger partial charge in [-0.15, -0.1) is 0 Å². The first-order valence-corrected chi connectivity index (χ1v) is 7.82. The van der Waals surface area contributed by atoms with Crippen LogP contribution in [0.2, 0.25) is 0 Å². The fraction of sp³-hybridized carbons (Fsp3) is 0.0952. The van der Waals surface area contributed by atoms with Crippen LogP contribution in [0.25, 0.3) is 0 Å². The number of hydrogen-bond acceptors (Lipinski definition) is 2. The molecule has 0 aliphatic carbocycles. The van der Waals surface area contributed by atoms with Gasteiger partial charge in [0.1, 0.15) is 0 Å².